The van der Waals surface area contributed by atoms with Gasteiger partial charge in [-0.25, -0.2) is 0 Å². The van der Waals surface area contributed by atoms with E-state index in [1.54, 1.807) is 24.3 Å². The average molecular weight is 405 g/mol. The zero-order chi connectivity index (χ0) is 19.5. The van der Waals surface area contributed by atoms with Gasteiger partial charge in [0, 0.05) is 11.4 Å². The van der Waals surface area contributed by atoms with Crippen molar-refractivity contribution in [1.29, 1.82) is 0 Å². The summed E-state index contributed by atoms with van der Waals surface area (Å²) in [6.45, 7) is 0. The predicted octanol–water partition coefficient (Wildman–Crippen LogP) is 5.54. The second-order valence-corrected chi connectivity index (χ2v) is 7.83. The van der Waals surface area contributed by atoms with Gasteiger partial charge in [0.2, 0.25) is 0 Å². The van der Waals surface area contributed by atoms with Crippen LogP contribution in [0.4, 0.5) is 17.1 Å². The van der Waals surface area contributed by atoms with Crippen LogP contribution >= 0.6 is 24.0 Å². The number of aromatic hydroxyl groups is 1. The highest BCUT2D eigenvalue weighted by Crippen LogP contribution is 2.36. The Balaban J connectivity index is 1.54. The quantitative estimate of drug-likeness (QED) is 0.442. The summed E-state index contributed by atoms with van der Waals surface area (Å²) in [5.41, 5.74) is 3.40. The van der Waals surface area contributed by atoms with Crippen molar-refractivity contribution in [2.24, 2.45) is 0 Å². The molecule has 1 saturated heterocycles. The van der Waals surface area contributed by atoms with Crippen LogP contribution in [0.2, 0.25) is 0 Å². The summed E-state index contributed by atoms with van der Waals surface area (Å²) in [7, 11) is 0. The molecule has 1 heterocycles. The fourth-order valence-electron chi connectivity index (χ4n) is 2.84. The highest BCUT2D eigenvalue weighted by molar-refractivity contribution is 8.27. The van der Waals surface area contributed by atoms with Crippen molar-refractivity contribution in [3.05, 3.63) is 89.3 Å². The minimum absolute atomic E-state index is 0.158. The van der Waals surface area contributed by atoms with Crippen LogP contribution in [0.1, 0.15) is 5.56 Å². The number of thioether (sulfide) groups is 1. The van der Waals surface area contributed by atoms with Crippen LogP contribution in [0, 0.1) is 0 Å². The van der Waals surface area contributed by atoms with Gasteiger partial charge in [-0.15, -0.1) is 0 Å². The number of carbonyl (C=O) groups excluding carboxylic acids is 1. The maximum absolute atomic E-state index is 12.9. The fourth-order valence-corrected chi connectivity index (χ4v) is 4.14. The van der Waals surface area contributed by atoms with Gasteiger partial charge in [-0.05, 0) is 60.2 Å². The highest BCUT2D eigenvalue weighted by Gasteiger charge is 2.33. The second-order valence-electron chi connectivity index (χ2n) is 6.15. The van der Waals surface area contributed by atoms with Crippen LogP contribution < -0.4 is 10.2 Å². The number of nitrogens with zero attached hydrogens (tertiary/aromatic N) is 1. The van der Waals surface area contributed by atoms with Crippen molar-refractivity contribution in [3.63, 3.8) is 0 Å². The Bertz CT molecular complexity index is 1060. The lowest BCUT2D eigenvalue weighted by atomic mass is 10.2. The van der Waals surface area contributed by atoms with Crippen LogP contribution in [0.3, 0.4) is 0 Å². The standard InChI is InChI=1S/C22H16N2O2S2/c25-19-8-4-5-15(13-19)14-20-21(26)24(22(27)28-20)18-11-9-17(10-12-18)23-16-6-2-1-3-7-16/h1-14,23,25H/b20-14-. The first-order chi connectivity index (χ1) is 13.6. The Labute approximate surface area is 172 Å². The molecule has 1 fully saturated rings. The molecule has 0 atom stereocenters. The second kappa shape index (κ2) is 7.88. The Morgan fingerprint density at radius 3 is 2.36 bits per heavy atom. The van der Waals surface area contributed by atoms with Crippen LogP contribution in [-0.2, 0) is 4.79 Å². The summed E-state index contributed by atoms with van der Waals surface area (Å²) in [4.78, 5) is 14.9. The molecule has 28 heavy (non-hydrogen) atoms. The first-order valence-electron chi connectivity index (χ1n) is 8.59. The minimum atomic E-state index is -0.165. The molecule has 0 aliphatic carbocycles. The number of phenolic OH excluding ortho intramolecular Hbond substituents is 1. The van der Waals surface area contributed by atoms with E-state index < -0.39 is 0 Å². The number of thiocarbonyl (C=S) groups is 1. The predicted molar refractivity (Wildman–Crippen MR) is 120 cm³/mol. The molecule has 138 valence electrons. The number of phenols is 1. The van der Waals surface area contributed by atoms with Crippen molar-refractivity contribution in [1.82, 2.24) is 0 Å². The van der Waals surface area contributed by atoms with E-state index in [2.05, 4.69) is 5.32 Å². The number of benzene rings is 3. The zero-order valence-electron chi connectivity index (χ0n) is 14.7. The molecule has 1 aliphatic rings. The minimum Gasteiger partial charge on any atom is -0.508 e. The lowest BCUT2D eigenvalue weighted by Crippen LogP contribution is -2.27. The first kappa shape index (κ1) is 18.3. The van der Waals surface area contributed by atoms with E-state index in [0.29, 0.717) is 9.23 Å². The van der Waals surface area contributed by atoms with E-state index in [1.165, 1.54) is 16.7 Å². The molecule has 3 aromatic carbocycles. The smallest absolute Gasteiger partial charge is 0.270 e. The summed E-state index contributed by atoms with van der Waals surface area (Å²) in [5, 5.41) is 12.9. The van der Waals surface area contributed by atoms with Crippen molar-refractivity contribution in [2.45, 2.75) is 0 Å². The van der Waals surface area contributed by atoms with E-state index in [9.17, 15) is 9.90 Å². The van der Waals surface area contributed by atoms with Crippen LogP contribution in [0.15, 0.2) is 83.8 Å². The van der Waals surface area contributed by atoms with E-state index >= 15 is 0 Å². The van der Waals surface area contributed by atoms with Gasteiger partial charge in [0.1, 0.15) is 5.75 Å². The van der Waals surface area contributed by atoms with Crippen molar-refractivity contribution in [2.75, 3.05) is 10.2 Å². The monoisotopic (exact) mass is 404 g/mol. The van der Waals surface area contributed by atoms with Crippen molar-refractivity contribution >= 4 is 57.3 Å². The molecule has 0 saturated carbocycles. The van der Waals surface area contributed by atoms with Gasteiger partial charge < -0.3 is 10.4 Å². The number of hydrogen-bond acceptors (Lipinski definition) is 5. The lowest BCUT2D eigenvalue weighted by Gasteiger charge is -2.15. The van der Waals surface area contributed by atoms with Crippen LogP contribution in [0.5, 0.6) is 5.75 Å². The van der Waals surface area contributed by atoms with Gasteiger partial charge in [-0.2, -0.15) is 0 Å². The third-order valence-corrected chi connectivity index (χ3v) is 5.45. The number of amides is 1. The number of rotatable bonds is 4. The number of anilines is 3. The Morgan fingerprint density at radius 1 is 0.929 bits per heavy atom. The number of nitrogens with one attached hydrogen (secondary N) is 1. The molecule has 0 radical (unpaired) electrons. The van der Waals surface area contributed by atoms with E-state index in [1.807, 2.05) is 60.7 Å². The summed E-state index contributed by atoms with van der Waals surface area (Å²) in [6.07, 6.45) is 1.74. The third kappa shape index (κ3) is 3.93. The van der Waals surface area contributed by atoms with Crippen molar-refractivity contribution < 1.29 is 9.90 Å². The first-order valence-corrected chi connectivity index (χ1v) is 9.82. The van der Waals surface area contributed by atoms with Gasteiger partial charge >= 0.3 is 0 Å². The van der Waals surface area contributed by atoms with Crippen molar-refractivity contribution in [3.8, 4) is 5.75 Å². The molecule has 4 nitrogen and oxygen atoms in total. The summed E-state index contributed by atoms with van der Waals surface area (Å²) < 4.78 is 0.486. The molecule has 0 unspecified atom stereocenters. The Kier molecular flexibility index (Phi) is 5.14. The van der Waals surface area contributed by atoms with E-state index in [0.717, 1.165) is 22.6 Å². The van der Waals surface area contributed by atoms with E-state index in [4.69, 9.17) is 12.2 Å². The fraction of sp³-hybridized carbons (Fsp3) is 0. The summed E-state index contributed by atoms with van der Waals surface area (Å²) in [5.74, 6) is -0.00663. The molecule has 0 bridgehead atoms. The van der Waals surface area contributed by atoms with Crippen LogP contribution in [-0.4, -0.2) is 15.3 Å². The molecule has 1 aliphatic heterocycles. The third-order valence-electron chi connectivity index (χ3n) is 4.15. The van der Waals surface area contributed by atoms with Gasteiger partial charge in [0.05, 0.1) is 10.6 Å². The van der Waals surface area contributed by atoms with Crippen LogP contribution in [0.25, 0.3) is 6.08 Å². The molecule has 2 N–H and O–H groups in total. The summed E-state index contributed by atoms with van der Waals surface area (Å²) >= 11 is 6.67. The molecule has 4 rings (SSSR count). The average Bonchev–Trinajstić information content (AvgIpc) is 2.97. The van der Waals surface area contributed by atoms with Gasteiger partial charge in [0.25, 0.3) is 5.91 Å². The largest absolute Gasteiger partial charge is 0.508 e. The molecule has 0 spiro atoms. The highest BCUT2D eigenvalue weighted by atomic mass is 32.2. The SMILES string of the molecule is O=C1/C(=C/c2cccc(O)c2)SC(=S)N1c1ccc(Nc2ccccc2)cc1. The molecule has 1 amide bonds. The molecule has 3 aromatic rings. The lowest BCUT2D eigenvalue weighted by molar-refractivity contribution is -0.113. The van der Waals surface area contributed by atoms with E-state index in [-0.39, 0.29) is 11.7 Å². The molecule has 6 heteroatoms. The Hall–Kier alpha value is -3.09. The van der Waals surface area contributed by atoms with Gasteiger partial charge in [0.15, 0.2) is 4.32 Å². The molecular formula is C22H16N2O2S2. The van der Waals surface area contributed by atoms with Gasteiger partial charge in [-0.3, -0.25) is 9.69 Å². The normalized spacial score (nSPS) is 15.3. The maximum Gasteiger partial charge on any atom is 0.270 e. The Morgan fingerprint density at radius 2 is 1.64 bits per heavy atom. The molecule has 0 aromatic heterocycles. The zero-order valence-corrected chi connectivity index (χ0v) is 16.3. The summed E-state index contributed by atoms with van der Waals surface area (Å²) in [6, 6.07) is 24.2. The topological polar surface area (TPSA) is 52.6 Å². The number of para-hydroxylation sites is 1. The maximum atomic E-state index is 12.9. The number of carbonyl (C=O) groups is 1. The van der Waals surface area contributed by atoms with Gasteiger partial charge in [-0.1, -0.05) is 54.3 Å². The number of hydrogen-bond donors (Lipinski definition) is 2. The molecular weight excluding hydrogens is 388 g/mol.